The summed E-state index contributed by atoms with van der Waals surface area (Å²) in [4.78, 5) is 29.0. The molecule has 1 aromatic rings. The maximum Gasteiger partial charge on any atom is 0.225 e. The van der Waals surface area contributed by atoms with Crippen molar-refractivity contribution in [2.24, 2.45) is 5.92 Å². The van der Waals surface area contributed by atoms with Crippen LogP contribution in [0.15, 0.2) is 18.2 Å². The molecule has 0 saturated carbocycles. The van der Waals surface area contributed by atoms with Crippen LogP contribution in [-0.2, 0) is 20.7 Å². The lowest BCUT2D eigenvalue weighted by Gasteiger charge is -2.35. The zero-order valence-corrected chi connectivity index (χ0v) is 16.8. The first-order valence-corrected chi connectivity index (χ1v) is 9.97. The highest BCUT2D eigenvalue weighted by Crippen LogP contribution is 2.28. The Morgan fingerprint density at radius 1 is 1.00 bits per heavy atom. The number of carbonyl (C=O) groups is 2. The number of hydrogen-bond donors (Lipinski definition) is 0. The number of likely N-dealkylation sites (tertiary alicyclic amines) is 1. The minimum absolute atomic E-state index is 0.0352. The van der Waals surface area contributed by atoms with E-state index in [1.807, 2.05) is 28.0 Å². The fraction of sp³-hybridized carbons (Fsp3) is 0.619. The lowest BCUT2D eigenvalue weighted by Crippen LogP contribution is -2.47. The summed E-state index contributed by atoms with van der Waals surface area (Å²) >= 11 is 0. The average Bonchev–Trinajstić information content (AvgIpc) is 2.77. The quantitative estimate of drug-likeness (QED) is 0.740. The van der Waals surface area contributed by atoms with Gasteiger partial charge in [-0.25, -0.2) is 0 Å². The second-order valence-corrected chi connectivity index (χ2v) is 7.28. The Bertz CT molecular complexity index is 679. The van der Waals surface area contributed by atoms with Crippen LogP contribution >= 0.6 is 0 Å². The number of piperidine rings is 1. The molecule has 2 heterocycles. The molecular formula is C21H30N2O5. The van der Waals surface area contributed by atoms with Gasteiger partial charge in [0.15, 0.2) is 11.5 Å². The first kappa shape index (κ1) is 20.5. The van der Waals surface area contributed by atoms with Crippen molar-refractivity contribution in [3.63, 3.8) is 0 Å². The number of hydrogen-bond acceptors (Lipinski definition) is 5. The monoisotopic (exact) mass is 390 g/mol. The molecule has 2 aliphatic heterocycles. The summed E-state index contributed by atoms with van der Waals surface area (Å²) in [5.41, 5.74) is 1.04. The Labute approximate surface area is 166 Å². The molecule has 2 saturated heterocycles. The minimum atomic E-state index is 0.0352. The van der Waals surface area contributed by atoms with E-state index in [0.717, 1.165) is 18.4 Å². The van der Waals surface area contributed by atoms with Gasteiger partial charge in [0.25, 0.3) is 0 Å². The maximum atomic E-state index is 12.6. The van der Waals surface area contributed by atoms with E-state index in [4.69, 9.17) is 14.2 Å². The van der Waals surface area contributed by atoms with Crippen LogP contribution in [0.5, 0.6) is 11.5 Å². The van der Waals surface area contributed by atoms with Crippen LogP contribution in [0.2, 0.25) is 0 Å². The molecular weight excluding hydrogens is 360 g/mol. The molecule has 28 heavy (non-hydrogen) atoms. The molecule has 0 N–H and O–H groups in total. The highest BCUT2D eigenvalue weighted by atomic mass is 16.5. The van der Waals surface area contributed by atoms with Crippen LogP contribution in [0.1, 0.15) is 24.8 Å². The average molecular weight is 390 g/mol. The number of methoxy groups -OCH3 is 2. The number of carbonyl (C=O) groups excluding carboxylic acids is 2. The lowest BCUT2D eigenvalue weighted by molar-refractivity contribution is -0.143. The number of aryl methyl sites for hydroxylation is 1. The van der Waals surface area contributed by atoms with Crippen LogP contribution in [0, 0.1) is 5.92 Å². The van der Waals surface area contributed by atoms with Crippen molar-refractivity contribution < 1.29 is 23.8 Å². The molecule has 0 unspecified atom stereocenters. The van der Waals surface area contributed by atoms with Gasteiger partial charge in [-0.3, -0.25) is 9.59 Å². The van der Waals surface area contributed by atoms with E-state index in [1.165, 1.54) is 0 Å². The van der Waals surface area contributed by atoms with E-state index in [0.29, 0.717) is 63.7 Å². The summed E-state index contributed by atoms with van der Waals surface area (Å²) in [6.07, 6.45) is 2.61. The minimum Gasteiger partial charge on any atom is -0.493 e. The fourth-order valence-corrected chi connectivity index (χ4v) is 3.86. The summed E-state index contributed by atoms with van der Waals surface area (Å²) in [5, 5.41) is 0. The van der Waals surface area contributed by atoms with E-state index >= 15 is 0 Å². The maximum absolute atomic E-state index is 12.6. The number of benzene rings is 1. The third-order valence-corrected chi connectivity index (χ3v) is 5.60. The smallest absolute Gasteiger partial charge is 0.225 e. The number of morpholine rings is 1. The predicted molar refractivity (Wildman–Crippen MR) is 105 cm³/mol. The molecule has 1 aromatic carbocycles. The zero-order chi connectivity index (χ0) is 19.9. The molecule has 0 atom stereocenters. The van der Waals surface area contributed by atoms with Gasteiger partial charge in [-0.05, 0) is 37.0 Å². The molecule has 154 valence electrons. The van der Waals surface area contributed by atoms with Gasteiger partial charge in [-0.2, -0.15) is 0 Å². The fourth-order valence-electron chi connectivity index (χ4n) is 3.86. The molecule has 2 amide bonds. The van der Waals surface area contributed by atoms with Crippen LogP contribution in [-0.4, -0.2) is 75.2 Å². The van der Waals surface area contributed by atoms with Crippen LogP contribution in [0.3, 0.4) is 0 Å². The molecule has 0 aliphatic carbocycles. The van der Waals surface area contributed by atoms with E-state index in [-0.39, 0.29) is 17.7 Å². The topological polar surface area (TPSA) is 68.3 Å². The van der Waals surface area contributed by atoms with Crippen molar-refractivity contribution in [3.05, 3.63) is 23.8 Å². The van der Waals surface area contributed by atoms with Gasteiger partial charge in [0.1, 0.15) is 0 Å². The van der Waals surface area contributed by atoms with Crippen LogP contribution < -0.4 is 9.47 Å². The normalized spacial score (nSPS) is 18.1. The predicted octanol–water partition coefficient (Wildman–Crippen LogP) is 1.73. The molecule has 0 radical (unpaired) electrons. The van der Waals surface area contributed by atoms with E-state index < -0.39 is 0 Å². The molecule has 2 aliphatic rings. The van der Waals surface area contributed by atoms with Crippen molar-refractivity contribution in [3.8, 4) is 11.5 Å². The molecule has 0 aromatic heterocycles. The van der Waals surface area contributed by atoms with Gasteiger partial charge in [0, 0.05) is 38.5 Å². The second-order valence-electron chi connectivity index (χ2n) is 7.28. The lowest BCUT2D eigenvalue weighted by atomic mass is 9.94. The Morgan fingerprint density at radius 2 is 1.68 bits per heavy atom. The third kappa shape index (κ3) is 4.95. The highest BCUT2D eigenvalue weighted by Gasteiger charge is 2.30. The first-order chi connectivity index (χ1) is 13.6. The standard InChI is InChI=1S/C21H30N2O5/c1-26-18-5-3-16(15-19(18)27-2)4-6-20(24)22-9-7-17(8-10-22)21(25)23-11-13-28-14-12-23/h3,5,15,17H,4,6-14H2,1-2H3. The number of nitrogens with zero attached hydrogens (tertiary/aromatic N) is 2. The number of amides is 2. The molecule has 0 bridgehead atoms. The van der Waals surface area contributed by atoms with Crippen LogP contribution in [0.25, 0.3) is 0 Å². The van der Waals surface area contributed by atoms with Gasteiger partial charge in [-0.15, -0.1) is 0 Å². The summed E-state index contributed by atoms with van der Waals surface area (Å²) in [5.74, 6) is 1.76. The van der Waals surface area contributed by atoms with Gasteiger partial charge in [-0.1, -0.05) is 6.07 Å². The van der Waals surface area contributed by atoms with Crippen molar-refractivity contribution >= 4 is 11.8 Å². The van der Waals surface area contributed by atoms with Gasteiger partial charge in [0.2, 0.25) is 11.8 Å². The van der Waals surface area contributed by atoms with Crippen LogP contribution in [0.4, 0.5) is 0 Å². The van der Waals surface area contributed by atoms with Crippen molar-refractivity contribution in [2.45, 2.75) is 25.7 Å². The SMILES string of the molecule is COc1ccc(CCC(=O)N2CCC(C(=O)N3CCOCC3)CC2)cc1OC. The Morgan fingerprint density at radius 3 is 2.32 bits per heavy atom. The molecule has 7 nitrogen and oxygen atoms in total. The second kappa shape index (κ2) is 9.78. The van der Waals surface area contributed by atoms with Gasteiger partial charge >= 0.3 is 0 Å². The Hall–Kier alpha value is -2.28. The number of rotatable bonds is 6. The van der Waals surface area contributed by atoms with E-state index in [9.17, 15) is 9.59 Å². The summed E-state index contributed by atoms with van der Waals surface area (Å²) in [6, 6.07) is 5.74. The summed E-state index contributed by atoms with van der Waals surface area (Å²) in [7, 11) is 3.21. The molecule has 7 heteroatoms. The number of ether oxygens (including phenoxy) is 3. The van der Waals surface area contributed by atoms with Crippen molar-refractivity contribution in [1.82, 2.24) is 9.80 Å². The van der Waals surface area contributed by atoms with Crippen molar-refractivity contribution in [1.29, 1.82) is 0 Å². The van der Waals surface area contributed by atoms with Gasteiger partial charge < -0.3 is 24.0 Å². The summed E-state index contributed by atoms with van der Waals surface area (Å²) < 4.78 is 15.9. The molecule has 2 fully saturated rings. The third-order valence-electron chi connectivity index (χ3n) is 5.60. The Balaban J connectivity index is 1.45. The summed E-state index contributed by atoms with van der Waals surface area (Å²) in [6.45, 7) is 3.93. The zero-order valence-electron chi connectivity index (χ0n) is 16.8. The van der Waals surface area contributed by atoms with E-state index in [1.54, 1.807) is 14.2 Å². The molecule has 3 rings (SSSR count). The van der Waals surface area contributed by atoms with Gasteiger partial charge in [0.05, 0.1) is 27.4 Å². The van der Waals surface area contributed by atoms with Crippen molar-refractivity contribution in [2.75, 3.05) is 53.6 Å². The highest BCUT2D eigenvalue weighted by molar-refractivity contribution is 5.80. The molecule has 0 spiro atoms. The first-order valence-electron chi connectivity index (χ1n) is 9.97. The Kier molecular flexibility index (Phi) is 7.14. The largest absolute Gasteiger partial charge is 0.493 e. The van der Waals surface area contributed by atoms with E-state index in [2.05, 4.69) is 0 Å².